The lowest BCUT2D eigenvalue weighted by Crippen LogP contribution is -2.00. The van der Waals surface area contributed by atoms with Crippen LogP contribution in [0, 0.1) is 0 Å². The molecule has 12 rings (SSSR count). The molecule has 0 N–H and O–H groups in total. The van der Waals surface area contributed by atoms with Gasteiger partial charge in [-0.15, -0.1) is 0 Å². The molecule has 0 fully saturated rings. The fourth-order valence-electron chi connectivity index (χ4n) is 9.26. The number of benzene rings is 9. The second kappa shape index (κ2) is 14.7. The summed E-state index contributed by atoms with van der Waals surface area (Å²) < 4.78 is 4.54. The largest absolute Gasteiger partial charge is 0.309 e. The van der Waals surface area contributed by atoms with E-state index in [0.29, 0.717) is 5.95 Å². The van der Waals surface area contributed by atoms with Crippen LogP contribution in [0.2, 0.25) is 0 Å². The third-order valence-corrected chi connectivity index (χ3v) is 12.3. The number of hydrogen-bond donors (Lipinski definition) is 0. The molecule has 3 heterocycles. The van der Waals surface area contributed by atoms with E-state index in [4.69, 9.17) is 9.97 Å². The van der Waals surface area contributed by atoms with Gasteiger partial charge >= 0.3 is 0 Å². The molecule has 62 heavy (non-hydrogen) atoms. The number of para-hydroxylation sites is 3. The van der Waals surface area contributed by atoms with Crippen molar-refractivity contribution in [2.75, 3.05) is 0 Å². The Bertz CT molecular complexity index is 3580. The van der Waals surface area contributed by atoms with Crippen molar-refractivity contribution in [2.45, 2.75) is 0 Å². The number of nitrogens with zero attached hydrogens (tertiary/aromatic N) is 4. The molecule has 0 saturated carbocycles. The van der Waals surface area contributed by atoms with Gasteiger partial charge in [-0.1, -0.05) is 170 Å². The second-order valence-electron chi connectivity index (χ2n) is 15.8. The van der Waals surface area contributed by atoms with Crippen molar-refractivity contribution in [3.05, 3.63) is 231 Å². The highest BCUT2D eigenvalue weighted by atomic mass is 15.1. The Hall–Kier alpha value is -8.34. The standard InChI is InChI=1S/C58H38N4/c1-3-13-42(14-4-1)48-17-7-8-18-49(48)43-29-27-40(28-30-43)39-23-25-41(26-24-39)46-37-59-58(60-38-46)62-55-22-12-10-20-51(55)53-36-45(32-34-57(53)62)44-31-33-56-52(35-44)50-19-9-11-21-54(50)61(56)47-15-5-2-6-16-47/h1-38H. The van der Waals surface area contributed by atoms with Gasteiger partial charge in [0.1, 0.15) is 0 Å². The molecular formula is C58H38N4. The van der Waals surface area contributed by atoms with Crippen molar-refractivity contribution in [3.63, 3.8) is 0 Å². The Balaban J connectivity index is 0.842. The van der Waals surface area contributed by atoms with Gasteiger partial charge in [0.25, 0.3) is 0 Å². The van der Waals surface area contributed by atoms with E-state index >= 15 is 0 Å². The monoisotopic (exact) mass is 790 g/mol. The summed E-state index contributed by atoms with van der Waals surface area (Å²) in [5, 5.41) is 4.82. The molecule has 0 aliphatic rings. The van der Waals surface area contributed by atoms with Crippen LogP contribution in [0.15, 0.2) is 231 Å². The van der Waals surface area contributed by atoms with E-state index in [9.17, 15) is 0 Å². The highest BCUT2D eigenvalue weighted by Gasteiger charge is 2.17. The van der Waals surface area contributed by atoms with Crippen LogP contribution in [-0.2, 0) is 0 Å². The molecule has 12 aromatic rings. The molecule has 0 aliphatic heterocycles. The molecule has 0 amide bonds. The minimum Gasteiger partial charge on any atom is -0.309 e. The Morgan fingerprint density at radius 2 is 0.645 bits per heavy atom. The van der Waals surface area contributed by atoms with Crippen LogP contribution in [0.25, 0.3) is 111 Å². The molecule has 4 nitrogen and oxygen atoms in total. The van der Waals surface area contributed by atoms with Crippen LogP contribution < -0.4 is 0 Å². The second-order valence-corrected chi connectivity index (χ2v) is 15.8. The van der Waals surface area contributed by atoms with E-state index in [1.807, 2.05) is 12.4 Å². The fraction of sp³-hybridized carbons (Fsp3) is 0. The lowest BCUT2D eigenvalue weighted by molar-refractivity contribution is 0.990. The summed E-state index contributed by atoms with van der Waals surface area (Å²) in [5.74, 6) is 0.647. The SMILES string of the molecule is c1ccc(-c2ccccc2-c2ccc(-c3ccc(-c4cnc(-n5c6ccccc6c6cc(-c7ccc8c(c7)c7ccccc7n8-c7ccccc7)ccc65)nc4)cc3)cc2)cc1. The van der Waals surface area contributed by atoms with Crippen LogP contribution in [0.3, 0.4) is 0 Å². The van der Waals surface area contributed by atoms with Crippen molar-refractivity contribution < 1.29 is 0 Å². The van der Waals surface area contributed by atoms with Gasteiger partial charge in [-0.3, -0.25) is 4.57 Å². The Morgan fingerprint density at radius 1 is 0.258 bits per heavy atom. The van der Waals surface area contributed by atoms with Crippen molar-refractivity contribution >= 4 is 43.6 Å². The van der Waals surface area contributed by atoms with Crippen molar-refractivity contribution in [1.82, 2.24) is 19.1 Å². The predicted molar refractivity (Wildman–Crippen MR) is 258 cm³/mol. The number of aromatic nitrogens is 4. The topological polar surface area (TPSA) is 35.6 Å². The summed E-state index contributed by atoms with van der Waals surface area (Å²) in [5.41, 5.74) is 17.3. The Kier molecular flexibility index (Phi) is 8.46. The average molecular weight is 791 g/mol. The smallest absolute Gasteiger partial charge is 0.234 e. The summed E-state index contributed by atoms with van der Waals surface area (Å²) in [6, 6.07) is 78.2. The summed E-state index contributed by atoms with van der Waals surface area (Å²) >= 11 is 0. The maximum absolute atomic E-state index is 4.97. The third kappa shape index (κ3) is 6.00. The van der Waals surface area contributed by atoms with E-state index in [-0.39, 0.29) is 0 Å². The van der Waals surface area contributed by atoms with Gasteiger partial charge in [-0.2, -0.15) is 0 Å². The Labute approximate surface area is 359 Å². The molecule has 0 aliphatic carbocycles. The summed E-state index contributed by atoms with van der Waals surface area (Å²) in [7, 11) is 0. The van der Waals surface area contributed by atoms with Gasteiger partial charge in [0.15, 0.2) is 0 Å². The predicted octanol–water partition coefficient (Wildman–Crippen LogP) is 15.0. The quantitative estimate of drug-likeness (QED) is 0.161. The van der Waals surface area contributed by atoms with E-state index in [1.54, 1.807) is 0 Å². The first-order valence-corrected chi connectivity index (χ1v) is 21.1. The molecule has 9 aromatic carbocycles. The summed E-state index contributed by atoms with van der Waals surface area (Å²) in [6.45, 7) is 0. The highest BCUT2D eigenvalue weighted by Crippen LogP contribution is 2.39. The molecule has 0 radical (unpaired) electrons. The Morgan fingerprint density at radius 3 is 1.21 bits per heavy atom. The van der Waals surface area contributed by atoms with Gasteiger partial charge in [-0.05, 0) is 98.6 Å². The molecule has 3 aromatic heterocycles. The molecule has 4 heteroatoms. The number of fused-ring (bicyclic) bond motifs is 6. The van der Waals surface area contributed by atoms with E-state index in [2.05, 4.69) is 228 Å². The first-order valence-electron chi connectivity index (χ1n) is 21.1. The first-order chi connectivity index (χ1) is 30.7. The molecule has 0 unspecified atom stereocenters. The zero-order chi connectivity index (χ0) is 41.0. The van der Waals surface area contributed by atoms with E-state index < -0.39 is 0 Å². The van der Waals surface area contributed by atoms with Gasteiger partial charge in [0, 0.05) is 45.2 Å². The van der Waals surface area contributed by atoms with E-state index in [0.717, 1.165) is 33.4 Å². The molecule has 0 saturated heterocycles. The zero-order valence-electron chi connectivity index (χ0n) is 33.7. The summed E-state index contributed by atoms with van der Waals surface area (Å²) in [6.07, 6.45) is 3.87. The molecular weight excluding hydrogens is 753 g/mol. The van der Waals surface area contributed by atoms with Crippen molar-refractivity contribution in [1.29, 1.82) is 0 Å². The summed E-state index contributed by atoms with van der Waals surface area (Å²) in [4.78, 5) is 9.93. The third-order valence-electron chi connectivity index (χ3n) is 12.3. The van der Waals surface area contributed by atoms with Crippen LogP contribution >= 0.6 is 0 Å². The number of hydrogen-bond acceptors (Lipinski definition) is 2. The average Bonchev–Trinajstić information content (AvgIpc) is 3.87. The first kappa shape index (κ1) is 35.6. The van der Waals surface area contributed by atoms with Crippen LogP contribution in [0.5, 0.6) is 0 Å². The van der Waals surface area contributed by atoms with Crippen LogP contribution in [0.4, 0.5) is 0 Å². The number of rotatable bonds is 7. The minimum atomic E-state index is 0.647. The van der Waals surface area contributed by atoms with Gasteiger partial charge in [-0.25, -0.2) is 9.97 Å². The van der Waals surface area contributed by atoms with E-state index in [1.165, 1.54) is 71.5 Å². The molecule has 0 spiro atoms. The van der Waals surface area contributed by atoms with Crippen molar-refractivity contribution in [3.8, 4) is 67.3 Å². The lowest BCUT2D eigenvalue weighted by atomic mass is 9.93. The van der Waals surface area contributed by atoms with Crippen LogP contribution in [-0.4, -0.2) is 19.1 Å². The molecule has 290 valence electrons. The minimum absolute atomic E-state index is 0.647. The van der Waals surface area contributed by atoms with Crippen LogP contribution in [0.1, 0.15) is 0 Å². The highest BCUT2D eigenvalue weighted by molar-refractivity contribution is 6.12. The molecule has 0 atom stereocenters. The fourth-order valence-corrected chi connectivity index (χ4v) is 9.26. The zero-order valence-corrected chi connectivity index (χ0v) is 33.7. The van der Waals surface area contributed by atoms with Crippen molar-refractivity contribution in [2.24, 2.45) is 0 Å². The van der Waals surface area contributed by atoms with Gasteiger partial charge < -0.3 is 4.57 Å². The molecule has 0 bridgehead atoms. The lowest BCUT2D eigenvalue weighted by Gasteiger charge is -2.11. The van der Waals surface area contributed by atoms with Gasteiger partial charge in [0.05, 0.1) is 22.1 Å². The normalized spacial score (nSPS) is 11.5. The van der Waals surface area contributed by atoms with Gasteiger partial charge in [0.2, 0.25) is 5.95 Å². The maximum atomic E-state index is 4.97. The maximum Gasteiger partial charge on any atom is 0.234 e.